The van der Waals surface area contributed by atoms with Crippen molar-refractivity contribution in [1.82, 2.24) is 20.4 Å². The normalized spacial score (nSPS) is 23.1. The summed E-state index contributed by atoms with van der Waals surface area (Å²) in [6.45, 7) is 3.29. The Hall–Kier alpha value is -1.31. The zero-order chi connectivity index (χ0) is 13.2. The van der Waals surface area contributed by atoms with Crippen LogP contribution in [0.3, 0.4) is 0 Å². The molecule has 1 fully saturated rings. The molecule has 0 amide bonds. The van der Waals surface area contributed by atoms with Crippen molar-refractivity contribution in [3.8, 4) is 0 Å². The third kappa shape index (κ3) is 2.68. The topological polar surface area (TPSA) is 73.1 Å². The third-order valence-corrected chi connectivity index (χ3v) is 4.19. The highest BCUT2D eigenvalue weighted by molar-refractivity contribution is 7.09. The van der Waals surface area contributed by atoms with Gasteiger partial charge in [0, 0.05) is 17.1 Å². The second-order valence-corrected chi connectivity index (χ2v) is 5.59. The van der Waals surface area contributed by atoms with Crippen LogP contribution in [0, 0.1) is 6.92 Å². The van der Waals surface area contributed by atoms with Crippen LogP contribution in [0.15, 0.2) is 9.90 Å². The first kappa shape index (κ1) is 12.7. The maximum atomic E-state index is 5.45. The van der Waals surface area contributed by atoms with E-state index < -0.39 is 0 Å². The Morgan fingerprint density at radius 1 is 1.42 bits per heavy atom. The van der Waals surface area contributed by atoms with Crippen LogP contribution in [0.5, 0.6) is 0 Å². The number of rotatable bonds is 4. The molecule has 3 heterocycles. The number of nitrogens with zero attached hydrogens (tertiary/aromatic N) is 3. The summed E-state index contributed by atoms with van der Waals surface area (Å²) in [5.41, 5.74) is 1.03. The minimum Gasteiger partial charge on any atom is -0.379 e. The highest BCUT2D eigenvalue weighted by Gasteiger charge is 2.32. The van der Waals surface area contributed by atoms with Gasteiger partial charge in [0.25, 0.3) is 0 Å². The molecule has 0 saturated carbocycles. The highest BCUT2D eigenvalue weighted by Crippen LogP contribution is 2.24. The lowest BCUT2D eigenvalue weighted by Gasteiger charge is -2.11. The fourth-order valence-corrected chi connectivity index (χ4v) is 2.96. The van der Waals surface area contributed by atoms with E-state index in [1.807, 2.05) is 19.4 Å². The molecule has 3 rings (SSSR count). The first-order chi connectivity index (χ1) is 9.26. The number of ether oxygens (including phenoxy) is 1. The Kier molecular flexibility index (Phi) is 3.58. The Morgan fingerprint density at radius 2 is 2.32 bits per heavy atom. The lowest BCUT2D eigenvalue weighted by Crippen LogP contribution is -2.31. The number of thiazole rings is 1. The molecule has 0 spiro atoms. The summed E-state index contributed by atoms with van der Waals surface area (Å²) in [4.78, 5) is 8.87. The van der Waals surface area contributed by atoms with Crippen LogP contribution in [0.4, 0.5) is 0 Å². The van der Waals surface area contributed by atoms with Crippen molar-refractivity contribution >= 4 is 11.3 Å². The smallest absolute Gasteiger partial charge is 0.233 e. The van der Waals surface area contributed by atoms with E-state index in [4.69, 9.17) is 9.26 Å². The van der Waals surface area contributed by atoms with Crippen molar-refractivity contribution in [2.45, 2.75) is 25.3 Å². The number of hydrogen-bond acceptors (Lipinski definition) is 7. The number of likely N-dealkylation sites (N-methyl/N-ethyl adjacent to an activating group) is 1. The van der Waals surface area contributed by atoms with E-state index in [1.54, 1.807) is 11.3 Å². The molecular weight excluding hydrogens is 264 g/mol. The highest BCUT2D eigenvalue weighted by atomic mass is 32.1. The van der Waals surface area contributed by atoms with Gasteiger partial charge < -0.3 is 14.6 Å². The molecule has 0 radical (unpaired) electrons. The van der Waals surface area contributed by atoms with Crippen LogP contribution < -0.4 is 5.32 Å². The van der Waals surface area contributed by atoms with Crippen LogP contribution in [-0.2, 0) is 11.2 Å². The molecule has 2 aromatic heterocycles. The second kappa shape index (κ2) is 5.36. The average Bonchev–Trinajstić information content (AvgIpc) is 3.10. The van der Waals surface area contributed by atoms with E-state index in [2.05, 4.69) is 20.4 Å². The summed E-state index contributed by atoms with van der Waals surface area (Å²) in [5.74, 6) is 1.48. The minimum absolute atomic E-state index is 0.143. The van der Waals surface area contributed by atoms with Crippen molar-refractivity contribution in [2.75, 3.05) is 20.3 Å². The first-order valence-electron chi connectivity index (χ1n) is 6.24. The van der Waals surface area contributed by atoms with Gasteiger partial charge in [-0.25, -0.2) is 4.98 Å². The summed E-state index contributed by atoms with van der Waals surface area (Å²) < 4.78 is 10.8. The van der Waals surface area contributed by atoms with Gasteiger partial charge in [0.1, 0.15) is 5.01 Å². The summed E-state index contributed by atoms with van der Waals surface area (Å²) >= 11 is 1.62. The molecule has 0 aromatic carbocycles. The minimum atomic E-state index is 0.143. The van der Waals surface area contributed by atoms with Crippen molar-refractivity contribution < 1.29 is 9.26 Å². The molecule has 0 bridgehead atoms. The number of hydrogen-bond donors (Lipinski definition) is 1. The monoisotopic (exact) mass is 280 g/mol. The van der Waals surface area contributed by atoms with Gasteiger partial charge in [-0.2, -0.15) is 4.98 Å². The predicted octanol–water partition coefficient (Wildman–Crippen LogP) is 1.13. The quantitative estimate of drug-likeness (QED) is 0.905. The molecule has 2 atom stereocenters. The van der Waals surface area contributed by atoms with Gasteiger partial charge in [0.15, 0.2) is 5.82 Å². The molecule has 1 saturated heterocycles. The van der Waals surface area contributed by atoms with Crippen molar-refractivity contribution in [1.29, 1.82) is 0 Å². The van der Waals surface area contributed by atoms with Crippen molar-refractivity contribution in [3.63, 3.8) is 0 Å². The lowest BCUT2D eigenvalue weighted by molar-refractivity contribution is 0.185. The maximum absolute atomic E-state index is 5.45. The molecule has 2 aromatic rings. The molecule has 1 aliphatic rings. The van der Waals surface area contributed by atoms with Gasteiger partial charge in [-0.1, -0.05) is 5.16 Å². The Bertz CT molecular complexity index is 553. The van der Waals surface area contributed by atoms with Gasteiger partial charge in [-0.3, -0.25) is 0 Å². The number of aromatic nitrogens is 3. The van der Waals surface area contributed by atoms with Gasteiger partial charge in [-0.15, -0.1) is 11.3 Å². The molecule has 0 aliphatic carbocycles. The molecule has 1 aliphatic heterocycles. The Balaban J connectivity index is 1.72. The van der Waals surface area contributed by atoms with E-state index in [0.717, 1.165) is 10.7 Å². The largest absolute Gasteiger partial charge is 0.379 e. The maximum Gasteiger partial charge on any atom is 0.233 e. The lowest BCUT2D eigenvalue weighted by atomic mass is 10.0. The molecule has 2 unspecified atom stereocenters. The standard InChI is InChI=1S/C12H16N4O2S/c1-7-6-19-11(14-7)3-10-15-12(18-16-10)8-4-17-5-9(8)13-2/h6,8-9,13H,3-5H2,1-2H3. The molecule has 19 heavy (non-hydrogen) atoms. The molecule has 1 N–H and O–H groups in total. The van der Waals surface area contributed by atoms with Gasteiger partial charge in [-0.05, 0) is 14.0 Å². The van der Waals surface area contributed by atoms with Gasteiger partial charge in [0.05, 0.1) is 25.6 Å². The van der Waals surface area contributed by atoms with E-state index in [1.165, 1.54) is 0 Å². The summed E-state index contributed by atoms with van der Waals surface area (Å²) in [7, 11) is 1.92. The van der Waals surface area contributed by atoms with Crippen LogP contribution in [0.1, 0.15) is 28.3 Å². The Morgan fingerprint density at radius 3 is 3.05 bits per heavy atom. The average molecular weight is 280 g/mol. The first-order valence-corrected chi connectivity index (χ1v) is 7.12. The fourth-order valence-electron chi connectivity index (χ4n) is 2.19. The second-order valence-electron chi connectivity index (χ2n) is 4.65. The zero-order valence-corrected chi connectivity index (χ0v) is 11.7. The van der Waals surface area contributed by atoms with Gasteiger partial charge >= 0.3 is 0 Å². The van der Waals surface area contributed by atoms with Crippen LogP contribution in [0.25, 0.3) is 0 Å². The SMILES string of the molecule is CNC1COCC1c1nc(Cc2nc(C)cs2)no1. The van der Waals surface area contributed by atoms with Crippen LogP contribution >= 0.6 is 11.3 Å². The predicted molar refractivity (Wildman–Crippen MR) is 70.4 cm³/mol. The molecule has 6 nitrogen and oxygen atoms in total. The van der Waals surface area contributed by atoms with E-state index in [-0.39, 0.29) is 12.0 Å². The van der Waals surface area contributed by atoms with Crippen molar-refractivity contribution in [3.05, 3.63) is 27.8 Å². The summed E-state index contributed by atoms with van der Waals surface area (Å²) in [6, 6.07) is 0.246. The molecular formula is C12H16N4O2S. The zero-order valence-electron chi connectivity index (χ0n) is 10.9. The van der Waals surface area contributed by atoms with Crippen LogP contribution in [0.2, 0.25) is 0 Å². The fraction of sp³-hybridized carbons (Fsp3) is 0.583. The van der Waals surface area contributed by atoms with E-state index in [0.29, 0.717) is 31.3 Å². The Labute approximate surface area is 115 Å². The number of aryl methyl sites for hydroxylation is 1. The summed E-state index contributed by atoms with van der Waals surface area (Å²) in [6.07, 6.45) is 0.625. The van der Waals surface area contributed by atoms with Crippen molar-refractivity contribution in [2.24, 2.45) is 0 Å². The molecule has 7 heteroatoms. The van der Waals surface area contributed by atoms with E-state index in [9.17, 15) is 0 Å². The number of nitrogens with one attached hydrogen (secondary N) is 1. The molecule has 102 valence electrons. The van der Waals surface area contributed by atoms with Crippen LogP contribution in [-0.4, -0.2) is 41.4 Å². The van der Waals surface area contributed by atoms with E-state index >= 15 is 0 Å². The van der Waals surface area contributed by atoms with Gasteiger partial charge in [0.2, 0.25) is 5.89 Å². The summed E-state index contributed by atoms with van der Waals surface area (Å²) in [5, 5.41) is 10.3. The third-order valence-electron chi connectivity index (χ3n) is 3.23.